The number of rotatable bonds is 2. The number of terminal acetylenes is 1. The summed E-state index contributed by atoms with van der Waals surface area (Å²) in [7, 11) is -0.386. The molecule has 0 unspecified atom stereocenters. The number of hydrogen-bond donors (Lipinski definition) is 0. The summed E-state index contributed by atoms with van der Waals surface area (Å²) >= 11 is 0. The van der Waals surface area contributed by atoms with Crippen molar-refractivity contribution in [3.63, 3.8) is 0 Å². The van der Waals surface area contributed by atoms with Gasteiger partial charge in [-0.3, -0.25) is 0 Å². The van der Waals surface area contributed by atoms with Crippen LogP contribution in [0.25, 0.3) is 11.1 Å². The minimum absolute atomic E-state index is 0.0455. The van der Waals surface area contributed by atoms with Gasteiger partial charge in [-0.25, -0.2) is 0 Å². The molecule has 2 aromatic carbocycles. The SMILES string of the molecule is C#Cc1ccc(-c2ccccc2)cc1B1OCC(C)(C)CO1. The summed E-state index contributed by atoms with van der Waals surface area (Å²) in [6, 6.07) is 16.3. The molecule has 1 aliphatic rings. The topological polar surface area (TPSA) is 18.5 Å². The summed E-state index contributed by atoms with van der Waals surface area (Å²) in [4.78, 5) is 0. The molecule has 1 aliphatic heterocycles. The highest BCUT2D eigenvalue weighted by Crippen LogP contribution is 2.23. The van der Waals surface area contributed by atoms with Crippen molar-refractivity contribution >= 4 is 12.6 Å². The Morgan fingerprint density at radius 1 is 1.00 bits per heavy atom. The molecule has 22 heavy (non-hydrogen) atoms. The molecule has 0 saturated carbocycles. The van der Waals surface area contributed by atoms with Gasteiger partial charge in [-0.05, 0) is 22.7 Å². The van der Waals surface area contributed by atoms with Crippen LogP contribution >= 0.6 is 0 Å². The Hall–Kier alpha value is -2.02. The molecule has 0 atom stereocenters. The van der Waals surface area contributed by atoms with Gasteiger partial charge in [0.2, 0.25) is 0 Å². The molecule has 1 saturated heterocycles. The van der Waals surface area contributed by atoms with Crippen molar-refractivity contribution in [2.24, 2.45) is 5.41 Å². The molecule has 0 spiro atoms. The van der Waals surface area contributed by atoms with E-state index >= 15 is 0 Å². The Kier molecular flexibility index (Phi) is 4.07. The molecule has 0 aliphatic carbocycles. The minimum atomic E-state index is -0.386. The fourth-order valence-electron chi connectivity index (χ4n) is 2.57. The highest BCUT2D eigenvalue weighted by atomic mass is 16.6. The quantitative estimate of drug-likeness (QED) is 0.625. The van der Waals surface area contributed by atoms with Gasteiger partial charge in [-0.1, -0.05) is 62.2 Å². The van der Waals surface area contributed by atoms with Gasteiger partial charge in [0, 0.05) is 24.2 Å². The third-order valence-electron chi connectivity index (χ3n) is 3.82. The molecule has 0 amide bonds. The Bertz CT molecular complexity index is 691. The second-order valence-electron chi connectivity index (χ2n) is 6.43. The molecule has 1 fully saturated rings. The maximum absolute atomic E-state index is 5.89. The molecule has 3 rings (SSSR count). The van der Waals surface area contributed by atoms with Crippen molar-refractivity contribution in [3.05, 3.63) is 54.1 Å². The largest absolute Gasteiger partial charge is 0.495 e. The van der Waals surface area contributed by atoms with Crippen LogP contribution in [0, 0.1) is 17.8 Å². The normalized spacial score (nSPS) is 17.0. The summed E-state index contributed by atoms with van der Waals surface area (Å²) in [5.74, 6) is 2.73. The average Bonchev–Trinajstić information content (AvgIpc) is 2.55. The standard InChI is InChI=1S/C19H19BO2/c1-4-15-10-11-17(16-8-6-5-7-9-16)12-18(15)20-21-13-19(2,3)14-22-20/h1,5-12H,13-14H2,2-3H3. The van der Waals surface area contributed by atoms with E-state index in [4.69, 9.17) is 15.7 Å². The van der Waals surface area contributed by atoms with Crippen molar-refractivity contribution in [1.82, 2.24) is 0 Å². The lowest BCUT2D eigenvalue weighted by Gasteiger charge is -2.33. The van der Waals surface area contributed by atoms with Crippen molar-refractivity contribution in [2.45, 2.75) is 13.8 Å². The van der Waals surface area contributed by atoms with Crippen molar-refractivity contribution in [3.8, 4) is 23.5 Å². The molecular formula is C19H19BO2. The first-order chi connectivity index (χ1) is 10.6. The first-order valence-electron chi connectivity index (χ1n) is 7.48. The lowest BCUT2D eigenvalue weighted by Crippen LogP contribution is -2.48. The molecule has 0 radical (unpaired) electrons. The smallest absolute Gasteiger partial charge is 0.407 e. The van der Waals surface area contributed by atoms with Crippen LogP contribution in [-0.4, -0.2) is 20.3 Å². The van der Waals surface area contributed by atoms with Crippen LogP contribution in [0.2, 0.25) is 0 Å². The predicted octanol–water partition coefficient (Wildman–Crippen LogP) is 3.10. The van der Waals surface area contributed by atoms with Crippen LogP contribution in [0.1, 0.15) is 19.4 Å². The van der Waals surface area contributed by atoms with Crippen LogP contribution in [0.3, 0.4) is 0 Å². The van der Waals surface area contributed by atoms with Gasteiger partial charge < -0.3 is 9.31 Å². The average molecular weight is 290 g/mol. The lowest BCUT2D eigenvalue weighted by atomic mass is 9.72. The summed E-state index contributed by atoms with van der Waals surface area (Å²) in [5, 5.41) is 0. The first-order valence-corrected chi connectivity index (χ1v) is 7.48. The number of benzene rings is 2. The molecule has 0 bridgehead atoms. The van der Waals surface area contributed by atoms with Crippen molar-refractivity contribution in [2.75, 3.05) is 13.2 Å². The van der Waals surface area contributed by atoms with Gasteiger partial charge in [-0.2, -0.15) is 0 Å². The summed E-state index contributed by atoms with van der Waals surface area (Å²) in [6.45, 7) is 5.59. The Labute approximate surface area is 132 Å². The fourth-order valence-corrected chi connectivity index (χ4v) is 2.57. The van der Waals surface area contributed by atoms with Crippen LogP contribution in [0.4, 0.5) is 0 Å². The van der Waals surface area contributed by atoms with Crippen LogP contribution < -0.4 is 5.46 Å². The number of hydrogen-bond acceptors (Lipinski definition) is 2. The Balaban J connectivity index is 1.95. The molecule has 110 valence electrons. The van der Waals surface area contributed by atoms with E-state index in [-0.39, 0.29) is 12.5 Å². The van der Waals surface area contributed by atoms with Crippen molar-refractivity contribution < 1.29 is 9.31 Å². The van der Waals surface area contributed by atoms with E-state index in [9.17, 15) is 0 Å². The lowest BCUT2D eigenvalue weighted by molar-refractivity contribution is 0.0343. The van der Waals surface area contributed by atoms with E-state index in [0.29, 0.717) is 13.2 Å². The molecule has 3 heteroatoms. The third-order valence-corrected chi connectivity index (χ3v) is 3.82. The molecule has 0 N–H and O–H groups in total. The van der Waals surface area contributed by atoms with Gasteiger partial charge in [0.25, 0.3) is 0 Å². The molecule has 0 aromatic heterocycles. The molecular weight excluding hydrogens is 271 g/mol. The zero-order valence-corrected chi connectivity index (χ0v) is 13.0. The zero-order chi connectivity index (χ0) is 15.6. The molecule has 2 nitrogen and oxygen atoms in total. The third kappa shape index (κ3) is 3.09. The van der Waals surface area contributed by atoms with Crippen molar-refractivity contribution in [1.29, 1.82) is 0 Å². The van der Waals surface area contributed by atoms with E-state index in [2.05, 4.69) is 38.0 Å². The second kappa shape index (κ2) is 6.00. The van der Waals surface area contributed by atoms with Gasteiger partial charge >= 0.3 is 7.12 Å². The summed E-state index contributed by atoms with van der Waals surface area (Å²) in [5.41, 5.74) is 4.07. The molecule has 2 aromatic rings. The molecule has 1 heterocycles. The monoisotopic (exact) mass is 290 g/mol. The van der Waals surface area contributed by atoms with Gasteiger partial charge in [-0.15, -0.1) is 6.42 Å². The van der Waals surface area contributed by atoms with Crippen LogP contribution in [-0.2, 0) is 9.31 Å². The maximum Gasteiger partial charge on any atom is 0.495 e. The van der Waals surface area contributed by atoms with E-state index in [0.717, 1.165) is 22.2 Å². The minimum Gasteiger partial charge on any atom is -0.407 e. The Morgan fingerprint density at radius 3 is 2.32 bits per heavy atom. The fraction of sp³-hybridized carbons (Fsp3) is 0.263. The van der Waals surface area contributed by atoms with E-state index in [1.165, 1.54) is 0 Å². The highest BCUT2D eigenvalue weighted by Gasteiger charge is 2.34. The maximum atomic E-state index is 5.89. The zero-order valence-electron chi connectivity index (χ0n) is 13.0. The van der Waals surface area contributed by atoms with Gasteiger partial charge in [0.15, 0.2) is 0 Å². The predicted molar refractivity (Wildman–Crippen MR) is 90.9 cm³/mol. The Morgan fingerprint density at radius 2 is 1.68 bits per heavy atom. The first kappa shape index (κ1) is 14.9. The summed E-state index contributed by atoms with van der Waals surface area (Å²) in [6.07, 6.45) is 5.64. The van der Waals surface area contributed by atoms with Gasteiger partial charge in [0.05, 0.1) is 0 Å². The van der Waals surface area contributed by atoms with E-state index in [1.54, 1.807) is 0 Å². The second-order valence-corrected chi connectivity index (χ2v) is 6.43. The highest BCUT2D eigenvalue weighted by molar-refractivity contribution is 6.62. The van der Waals surface area contributed by atoms with Crippen LogP contribution in [0.15, 0.2) is 48.5 Å². The van der Waals surface area contributed by atoms with E-state index < -0.39 is 0 Å². The summed E-state index contributed by atoms with van der Waals surface area (Å²) < 4.78 is 11.8. The van der Waals surface area contributed by atoms with Gasteiger partial charge in [0.1, 0.15) is 0 Å². The van der Waals surface area contributed by atoms with Crippen LogP contribution in [0.5, 0.6) is 0 Å². The van der Waals surface area contributed by atoms with E-state index in [1.807, 2.05) is 30.3 Å².